The summed E-state index contributed by atoms with van der Waals surface area (Å²) >= 11 is 3.47. The van der Waals surface area contributed by atoms with E-state index in [-0.39, 0.29) is 18.0 Å². The molecule has 2 aliphatic rings. The third-order valence-corrected chi connectivity index (χ3v) is 6.98. The molecule has 0 saturated carbocycles. The molecule has 0 aromatic heterocycles. The number of anilines is 3. The Balaban J connectivity index is 1.27. The fourth-order valence-electron chi connectivity index (χ4n) is 4.33. The number of piperazine rings is 1. The number of rotatable bonds is 4. The molecule has 0 bridgehead atoms. The van der Waals surface area contributed by atoms with Gasteiger partial charge < -0.3 is 24.9 Å². The molecule has 2 aliphatic heterocycles. The van der Waals surface area contributed by atoms with Gasteiger partial charge in [-0.1, -0.05) is 15.9 Å². The fraction of sp³-hybridized carbons (Fsp3) is 0.417. The normalized spacial score (nSPS) is 18.6. The number of nitrogens with one attached hydrogen (secondary N) is 1. The van der Waals surface area contributed by atoms with Crippen LogP contribution in [0.2, 0.25) is 0 Å². The van der Waals surface area contributed by atoms with Gasteiger partial charge in [0.1, 0.15) is 0 Å². The standard InChI is InChI=1S/C24H30BrN5O2/c1-18(31)27(2)23-11-12-30(17-23)22-9-5-20(6-10-22)26-24(32)29-15-13-28(14-16-29)21-7-3-19(25)4-8-21/h3-10,23H,11-17H2,1-2H3,(H,26,32). The van der Waals surface area contributed by atoms with Crippen LogP contribution in [0.4, 0.5) is 21.9 Å². The summed E-state index contributed by atoms with van der Waals surface area (Å²) < 4.78 is 1.07. The maximum Gasteiger partial charge on any atom is 0.321 e. The van der Waals surface area contributed by atoms with E-state index in [1.54, 1.807) is 6.92 Å². The average Bonchev–Trinajstić information content (AvgIpc) is 3.30. The third-order valence-electron chi connectivity index (χ3n) is 6.45. The Bertz CT molecular complexity index is 942. The Kier molecular flexibility index (Phi) is 6.89. The van der Waals surface area contributed by atoms with Crippen molar-refractivity contribution >= 4 is 44.9 Å². The second-order valence-electron chi connectivity index (χ2n) is 8.45. The van der Waals surface area contributed by atoms with E-state index in [1.165, 1.54) is 5.69 Å². The van der Waals surface area contributed by atoms with Crippen molar-refractivity contribution in [3.05, 3.63) is 53.0 Å². The Morgan fingerprint density at radius 3 is 2.12 bits per heavy atom. The zero-order chi connectivity index (χ0) is 22.7. The second-order valence-corrected chi connectivity index (χ2v) is 9.36. The Morgan fingerprint density at radius 2 is 1.50 bits per heavy atom. The van der Waals surface area contributed by atoms with Gasteiger partial charge in [-0.3, -0.25) is 4.79 Å². The van der Waals surface area contributed by atoms with Crippen LogP contribution in [0, 0.1) is 0 Å². The number of hydrogen-bond acceptors (Lipinski definition) is 4. The van der Waals surface area contributed by atoms with Crippen LogP contribution in [0.5, 0.6) is 0 Å². The largest absolute Gasteiger partial charge is 0.369 e. The molecule has 2 fully saturated rings. The summed E-state index contributed by atoms with van der Waals surface area (Å²) in [6.45, 7) is 6.40. The molecule has 7 nitrogen and oxygen atoms in total. The molecule has 1 atom stereocenters. The highest BCUT2D eigenvalue weighted by molar-refractivity contribution is 9.10. The van der Waals surface area contributed by atoms with Crippen molar-refractivity contribution in [3.8, 4) is 0 Å². The van der Waals surface area contributed by atoms with Gasteiger partial charge >= 0.3 is 6.03 Å². The van der Waals surface area contributed by atoms with Crippen LogP contribution in [0.1, 0.15) is 13.3 Å². The molecular weight excluding hydrogens is 470 g/mol. The molecule has 0 aliphatic carbocycles. The van der Waals surface area contributed by atoms with Gasteiger partial charge in [0.25, 0.3) is 0 Å². The lowest BCUT2D eigenvalue weighted by atomic mass is 10.2. The smallest absolute Gasteiger partial charge is 0.321 e. The molecule has 0 radical (unpaired) electrons. The van der Waals surface area contributed by atoms with Crippen LogP contribution in [0.25, 0.3) is 0 Å². The third kappa shape index (κ3) is 5.18. The molecule has 1 unspecified atom stereocenters. The van der Waals surface area contributed by atoms with Crippen molar-refractivity contribution in [1.29, 1.82) is 0 Å². The van der Waals surface area contributed by atoms with Gasteiger partial charge in [-0.15, -0.1) is 0 Å². The molecule has 4 rings (SSSR count). The minimum Gasteiger partial charge on any atom is -0.369 e. The Morgan fingerprint density at radius 1 is 0.906 bits per heavy atom. The van der Waals surface area contributed by atoms with Crippen molar-refractivity contribution in [3.63, 3.8) is 0 Å². The predicted molar refractivity (Wildman–Crippen MR) is 132 cm³/mol. The Labute approximate surface area is 198 Å². The second kappa shape index (κ2) is 9.81. The molecule has 1 N–H and O–H groups in total. The van der Waals surface area contributed by atoms with E-state index in [0.29, 0.717) is 13.1 Å². The molecule has 2 aromatic rings. The van der Waals surface area contributed by atoms with E-state index < -0.39 is 0 Å². The zero-order valence-corrected chi connectivity index (χ0v) is 20.2. The summed E-state index contributed by atoms with van der Waals surface area (Å²) in [6, 6.07) is 16.5. The van der Waals surface area contributed by atoms with Gasteiger partial charge in [0.15, 0.2) is 0 Å². The van der Waals surface area contributed by atoms with Crippen molar-refractivity contribution in [2.24, 2.45) is 0 Å². The summed E-state index contributed by atoms with van der Waals surface area (Å²) in [5, 5.41) is 3.02. The fourth-order valence-corrected chi connectivity index (χ4v) is 4.59. The zero-order valence-electron chi connectivity index (χ0n) is 18.6. The van der Waals surface area contributed by atoms with Crippen LogP contribution in [0.3, 0.4) is 0 Å². The number of halogens is 1. The monoisotopic (exact) mass is 499 g/mol. The van der Waals surface area contributed by atoms with Gasteiger partial charge in [-0.25, -0.2) is 4.79 Å². The number of carbonyl (C=O) groups is 2. The molecule has 8 heteroatoms. The van der Waals surface area contributed by atoms with Crippen molar-refractivity contribution in [1.82, 2.24) is 9.80 Å². The van der Waals surface area contributed by atoms with Gasteiger partial charge in [-0.2, -0.15) is 0 Å². The SMILES string of the molecule is CC(=O)N(C)C1CCN(c2ccc(NC(=O)N3CCN(c4ccc(Br)cc4)CC3)cc2)C1. The minimum atomic E-state index is -0.0578. The van der Waals surface area contributed by atoms with Crippen molar-refractivity contribution in [2.45, 2.75) is 19.4 Å². The van der Waals surface area contributed by atoms with E-state index >= 15 is 0 Å². The van der Waals surface area contributed by atoms with Crippen LogP contribution in [-0.4, -0.2) is 74.1 Å². The van der Waals surface area contributed by atoms with Crippen LogP contribution in [-0.2, 0) is 4.79 Å². The summed E-state index contributed by atoms with van der Waals surface area (Å²) in [4.78, 5) is 32.6. The lowest BCUT2D eigenvalue weighted by Gasteiger charge is -2.36. The van der Waals surface area contributed by atoms with E-state index in [2.05, 4.69) is 43.2 Å². The highest BCUT2D eigenvalue weighted by Crippen LogP contribution is 2.25. The van der Waals surface area contributed by atoms with Gasteiger partial charge in [0, 0.05) is 74.8 Å². The van der Waals surface area contributed by atoms with Gasteiger partial charge in [0.2, 0.25) is 5.91 Å². The molecular formula is C24H30BrN5O2. The van der Waals surface area contributed by atoms with E-state index in [9.17, 15) is 9.59 Å². The first kappa shape index (κ1) is 22.5. The maximum absolute atomic E-state index is 12.7. The lowest BCUT2D eigenvalue weighted by molar-refractivity contribution is -0.129. The summed E-state index contributed by atoms with van der Waals surface area (Å²) in [6.07, 6.45) is 0.973. The number of likely N-dealkylation sites (N-methyl/N-ethyl adjacent to an activating group) is 1. The molecule has 2 aromatic carbocycles. The maximum atomic E-state index is 12.7. The predicted octanol–water partition coefficient (Wildman–Crippen LogP) is 3.86. The summed E-state index contributed by atoms with van der Waals surface area (Å²) in [5.41, 5.74) is 3.10. The van der Waals surface area contributed by atoms with Crippen molar-refractivity contribution < 1.29 is 9.59 Å². The van der Waals surface area contributed by atoms with E-state index in [4.69, 9.17) is 0 Å². The Hall–Kier alpha value is -2.74. The molecule has 2 saturated heterocycles. The average molecular weight is 500 g/mol. The number of amides is 3. The van der Waals surface area contributed by atoms with E-state index in [0.717, 1.165) is 48.4 Å². The first-order chi connectivity index (χ1) is 15.4. The first-order valence-corrected chi connectivity index (χ1v) is 11.8. The first-order valence-electron chi connectivity index (χ1n) is 11.1. The number of benzene rings is 2. The minimum absolute atomic E-state index is 0.0578. The van der Waals surface area contributed by atoms with Crippen LogP contribution >= 0.6 is 15.9 Å². The van der Waals surface area contributed by atoms with Crippen molar-refractivity contribution in [2.75, 3.05) is 61.4 Å². The van der Waals surface area contributed by atoms with Crippen LogP contribution < -0.4 is 15.1 Å². The highest BCUT2D eigenvalue weighted by atomic mass is 79.9. The topological polar surface area (TPSA) is 59.1 Å². The molecule has 2 heterocycles. The highest BCUT2D eigenvalue weighted by Gasteiger charge is 2.27. The van der Waals surface area contributed by atoms with E-state index in [1.807, 2.05) is 53.2 Å². The summed E-state index contributed by atoms with van der Waals surface area (Å²) in [7, 11) is 1.87. The number of urea groups is 1. The van der Waals surface area contributed by atoms with Gasteiger partial charge in [-0.05, 0) is 55.0 Å². The summed E-state index contributed by atoms with van der Waals surface area (Å²) in [5.74, 6) is 0.104. The molecule has 170 valence electrons. The molecule has 0 spiro atoms. The number of nitrogens with zero attached hydrogens (tertiary/aromatic N) is 4. The number of hydrogen-bond donors (Lipinski definition) is 1. The molecule has 3 amide bonds. The lowest BCUT2D eigenvalue weighted by Crippen LogP contribution is -2.50. The van der Waals surface area contributed by atoms with Gasteiger partial charge in [0.05, 0.1) is 6.04 Å². The van der Waals surface area contributed by atoms with Crippen LogP contribution in [0.15, 0.2) is 53.0 Å². The quantitative estimate of drug-likeness (QED) is 0.693. The number of carbonyl (C=O) groups excluding carboxylic acids is 2. The molecule has 32 heavy (non-hydrogen) atoms.